The number of aryl methyl sites for hydroxylation is 4. The number of aromatic nitrogens is 3. The molecule has 1 heterocycles. The number of anilines is 1. The van der Waals surface area contributed by atoms with Crippen molar-refractivity contribution in [3.63, 3.8) is 0 Å². The second kappa shape index (κ2) is 8.69. The number of H-pyrrole nitrogens is 1. The first-order valence-electron chi connectivity index (χ1n) is 9.72. The predicted molar refractivity (Wildman–Crippen MR) is 114 cm³/mol. The molecule has 0 atom stereocenters. The zero-order valence-electron chi connectivity index (χ0n) is 16.6. The van der Waals surface area contributed by atoms with Crippen molar-refractivity contribution < 1.29 is 9.53 Å². The van der Waals surface area contributed by atoms with Crippen molar-refractivity contribution in [2.24, 2.45) is 0 Å². The van der Waals surface area contributed by atoms with Gasteiger partial charge in [0.05, 0.1) is 5.75 Å². The monoisotopic (exact) mass is 408 g/mol. The molecule has 0 saturated carbocycles. The van der Waals surface area contributed by atoms with Gasteiger partial charge in [0.25, 0.3) is 0 Å². The Kier molecular flexibility index (Phi) is 5.85. The molecule has 0 aliphatic heterocycles. The lowest BCUT2D eigenvalue weighted by atomic mass is 10.1. The van der Waals surface area contributed by atoms with Crippen LogP contribution < -0.4 is 10.1 Å². The van der Waals surface area contributed by atoms with Gasteiger partial charge in [0, 0.05) is 5.69 Å². The normalized spacial score (nSPS) is 12.6. The lowest BCUT2D eigenvalue weighted by Gasteiger charge is -2.08. The van der Waals surface area contributed by atoms with Crippen molar-refractivity contribution >= 4 is 23.4 Å². The number of nitrogens with zero attached hydrogens (tertiary/aromatic N) is 2. The van der Waals surface area contributed by atoms with Gasteiger partial charge in [-0.05, 0) is 73.6 Å². The molecule has 7 heteroatoms. The van der Waals surface area contributed by atoms with Crippen LogP contribution in [0.3, 0.4) is 0 Å². The summed E-state index contributed by atoms with van der Waals surface area (Å²) in [5, 5.41) is 10.5. The van der Waals surface area contributed by atoms with Gasteiger partial charge < -0.3 is 10.1 Å². The molecule has 6 nitrogen and oxygen atoms in total. The van der Waals surface area contributed by atoms with Gasteiger partial charge in [-0.15, -0.1) is 5.10 Å². The van der Waals surface area contributed by atoms with E-state index in [-0.39, 0.29) is 11.7 Å². The second-order valence-corrected chi connectivity index (χ2v) is 8.24. The van der Waals surface area contributed by atoms with Crippen LogP contribution in [0.1, 0.15) is 34.5 Å². The Balaban J connectivity index is 1.26. The number of carbonyl (C=O) groups excluding carboxylic acids is 1. The van der Waals surface area contributed by atoms with Gasteiger partial charge in [-0.2, -0.15) is 0 Å². The number of rotatable bonds is 7. The summed E-state index contributed by atoms with van der Waals surface area (Å²) >= 11 is 1.30. The molecule has 1 aromatic heterocycles. The molecule has 0 spiro atoms. The van der Waals surface area contributed by atoms with Gasteiger partial charge in [0.1, 0.15) is 12.4 Å². The Morgan fingerprint density at radius 1 is 1.17 bits per heavy atom. The van der Waals surface area contributed by atoms with Crippen LogP contribution >= 0.6 is 11.8 Å². The van der Waals surface area contributed by atoms with Crippen molar-refractivity contribution in [1.29, 1.82) is 0 Å². The average Bonchev–Trinajstić information content (AvgIpc) is 3.36. The molecule has 0 fully saturated rings. The van der Waals surface area contributed by atoms with Crippen LogP contribution in [0.5, 0.6) is 5.75 Å². The highest BCUT2D eigenvalue weighted by molar-refractivity contribution is 7.99. The molecule has 0 radical (unpaired) electrons. The van der Waals surface area contributed by atoms with Crippen LogP contribution in [-0.4, -0.2) is 26.8 Å². The van der Waals surface area contributed by atoms with E-state index in [0.717, 1.165) is 35.4 Å². The van der Waals surface area contributed by atoms with Crippen LogP contribution in [0.15, 0.2) is 41.6 Å². The number of hydrogen-bond donors (Lipinski definition) is 2. The number of amides is 1. The first kappa shape index (κ1) is 19.5. The fraction of sp³-hybridized carbons (Fsp3) is 0.318. The molecule has 2 N–H and O–H groups in total. The van der Waals surface area contributed by atoms with Crippen molar-refractivity contribution in [3.05, 3.63) is 64.5 Å². The van der Waals surface area contributed by atoms with E-state index in [4.69, 9.17) is 4.74 Å². The van der Waals surface area contributed by atoms with E-state index in [0.29, 0.717) is 17.6 Å². The van der Waals surface area contributed by atoms with E-state index in [1.807, 2.05) is 32.0 Å². The fourth-order valence-corrected chi connectivity index (χ4v) is 4.01. The molecule has 1 amide bonds. The summed E-state index contributed by atoms with van der Waals surface area (Å²) < 4.78 is 5.84. The van der Waals surface area contributed by atoms with Crippen molar-refractivity contribution in [2.45, 2.75) is 44.9 Å². The summed E-state index contributed by atoms with van der Waals surface area (Å²) in [5.41, 5.74) is 5.82. The highest BCUT2D eigenvalue weighted by Crippen LogP contribution is 2.25. The van der Waals surface area contributed by atoms with E-state index >= 15 is 0 Å². The lowest BCUT2D eigenvalue weighted by molar-refractivity contribution is -0.113. The van der Waals surface area contributed by atoms with Crippen LogP contribution in [-0.2, 0) is 24.2 Å². The minimum absolute atomic E-state index is 0.0640. The molecule has 4 rings (SSSR count). The molecular weight excluding hydrogens is 384 g/mol. The Morgan fingerprint density at radius 2 is 2.03 bits per heavy atom. The maximum Gasteiger partial charge on any atom is 0.234 e. The number of hydrogen-bond acceptors (Lipinski definition) is 5. The molecule has 0 saturated heterocycles. The van der Waals surface area contributed by atoms with Crippen LogP contribution in [0.2, 0.25) is 0 Å². The summed E-state index contributed by atoms with van der Waals surface area (Å²) in [6, 6.07) is 12.3. The number of thioether (sulfide) groups is 1. The minimum atomic E-state index is -0.0640. The molecular formula is C22H24N4O2S. The van der Waals surface area contributed by atoms with Gasteiger partial charge in [-0.3, -0.25) is 9.89 Å². The Bertz CT molecular complexity index is 1030. The molecule has 1 aliphatic rings. The van der Waals surface area contributed by atoms with E-state index in [1.54, 1.807) is 0 Å². The zero-order valence-corrected chi connectivity index (χ0v) is 17.4. The Morgan fingerprint density at radius 3 is 2.93 bits per heavy atom. The summed E-state index contributed by atoms with van der Waals surface area (Å²) in [6.45, 7) is 4.35. The van der Waals surface area contributed by atoms with Crippen LogP contribution in [0, 0.1) is 13.8 Å². The van der Waals surface area contributed by atoms with E-state index in [2.05, 4.69) is 38.7 Å². The van der Waals surface area contributed by atoms with Crippen molar-refractivity contribution in [2.75, 3.05) is 11.1 Å². The first-order valence-corrected chi connectivity index (χ1v) is 10.7. The number of ether oxygens (including phenoxy) is 1. The summed E-state index contributed by atoms with van der Waals surface area (Å²) in [7, 11) is 0. The van der Waals surface area contributed by atoms with Crippen molar-refractivity contribution in [3.8, 4) is 5.75 Å². The summed E-state index contributed by atoms with van der Waals surface area (Å²) in [5.74, 6) is 1.66. The predicted octanol–water partition coefficient (Wildman–Crippen LogP) is 4.22. The van der Waals surface area contributed by atoms with Gasteiger partial charge in [-0.1, -0.05) is 30.0 Å². The van der Waals surface area contributed by atoms with E-state index in [1.165, 1.54) is 29.3 Å². The summed E-state index contributed by atoms with van der Waals surface area (Å²) in [4.78, 5) is 16.6. The molecule has 2 aromatic carbocycles. The topological polar surface area (TPSA) is 79.9 Å². The lowest BCUT2D eigenvalue weighted by Crippen LogP contribution is -2.14. The third kappa shape index (κ3) is 4.98. The average molecular weight is 409 g/mol. The van der Waals surface area contributed by atoms with E-state index < -0.39 is 0 Å². The largest absolute Gasteiger partial charge is 0.485 e. The number of fused-ring (bicyclic) bond motifs is 1. The van der Waals surface area contributed by atoms with Gasteiger partial charge in [-0.25, -0.2) is 4.98 Å². The van der Waals surface area contributed by atoms with E-state index in [9.17, 15) is 4.79 Å². The highest BCUT2D eigenvalue weighted by Gasteiger charge is 2.13. The molecule has 1 aliphatic carbocycles. The number of carbonyl (C=O) groups is 1. The Hall–Kier alpha value is -2.80. The minimum Gasteiger partial charge on any atom is -0.485 e. The molecule has 0 bridgehead atoms. The van der Waals surface area contributed by atoms with Crippen molar-refractivity contribution in [1.82, 2.24) is 15.2 Å². The molecule has 150 valence electrons. The Labute approximate surface area is 174 Å². The molecule has 0 unspecified atom stereocenters. The maximum absolute atomic E-state index is 12.3. The molecule has 29 heavy (non-hydrogen) atoms. The van der Waals surface area contributed by atoms with Gasteiger partial charge >= 0.3 is 0 Å². The smallest absolute Gasteiger partial charge is 0.234 e. The second-order valence-electron chi connectivity index (χ2n) is 7.30. The third-order valence-electron chi connectivity index (χ3n) is 4.93. The fourth-order valence-electron chi connectivity index (χ4n) is 3.39. The zero-order chi connectivity index (χ0) is 20.2. The quantitative estimate of drug-likeness (QED) is 0.572. The standard InChI is InChI=1S/C22H24N4O2S/c1-14-6-7-15(2)19(10-14)28-12-20-24-22(26-25-20)29-13-21(27)23-18-9-8-16-4-3-5-17(16)11-18/h6-11H,3-5,12-13H2,1-2H3,(H,23,27)(H,24,25,26). The van der Waals surface area contributed by atoms with Gasteiger partial charge in [0.2, 0.25) is 11.1 Å². The highest BCUT2D eigenvalue weighted by atomic mass is 32.2. The summed E-state index contributed by atoms with van der Waals surface area (Å²) in [6.07, 6.45) is 3.43. The number of aromatic amines is 1. The third-order valence-corrected chi connectivity index (χ3v) is 5.78. The number of benzene rings is 2. The van der Waals surface area contributed by atoms with Crippen LogP contribution in [0.25, 0.3) is 0 Å². The SMILES string of the molecule is Cc1ccc(C)c(OCc2nc(SCC(=O)Nc3ccc4c(c3)CCC4)n[nH]2)c1. The first-order chi connectivity index (χ1) is 14.1. The maximum atomic E-state index is 12.3. The number of nitrogens with one attached hydrogen (secondary N) is 2. The molecule has 3 aromatic rings. The van der Waals surface area contributed by atoms with Gasteiger partial charge in [0.15, 0.2) is 5.82 Å². The van der Waals surface area contributed by atoms with Crippen LogP contribution in [0.4, 0.5) is 5.69 Å².